The van der Waals surface area contributed by atoms with Gasteiger partial charge in [-0.15, -0.1) is 0 Å². The summed E-state index contributed by atoms with van der Waals surface area (Å²) in [4.78, 5) is 12.3. The van der Waals surface area contributed by atoms with Crippen LogP contribution >= 0.6 is 0 Å². The molecule has 1 unspecified atom stereocenters. The molecule has 23 heavy (non-hydrogen) atoms. The number of carbonyl (C=O) groups is 1. The monoisotopic (exact) mass is 308 g/mol. The lowest BCUT2D eigenvalue weighted by Crippen LogP contribution is -2.31. The molecule has 0 radical (unpaired) electrons. The number of benzene rings is 2. The molecule has 1 aliphatic carbocycles. The van der Waals surface area contributed by atoms with Crippen LogP contribution in [0.1, 0.15) is 55.3 Å². The molecule has 3 heteroatoms. The summed E-state index contributed by atoms with van der Waals surface area (Å²) in [6.45, 7) is 4.35. The van der Waals surface area contributed by atoms with Gasteiger partial charge in [0.2, 0.25) is 5.91 Å². The summed E-state index contributed by atoms with van der Waals surface area (Å²) in [5.41, 5.74) is 10.2. The van der Waals surface area contributed by atoms with E-state index in [0.717, 1.165) is 24.0 Å². The minimum atomic E-state index is -0.189. The van der Waals surface area contributed by atoms with E-state index in [1.54, 1.807) is 0 Å². The molecule has 0 saturated heterocycles. The Kier molecular flexibility index (Phi) is 4.37. The van der Waals surface area contributed by atoms with Gasteiger partial charge in [0.1, 0.15) is 0 Å². The molecule has 1 aliphatic rings. The van der Waals surface area contributed by atoms with Gasteiger partial charge in [-0.2, -0.15) is 0 Å². The number of hydrogen-bond donors (Lipinski definition) is 2. The van der Waals surface area contributed by atoms with Crippen LogP contribution in [0.3, 0.4) is 0 Å². The second-order valence-electron chi connectivity index (χ2n) is 6.67. The minimum Gasteiger partial charge on any atom is -0.398 e. The second kappa shape index (κ2) is 6.45. The molecular formula is C20H24N2O. The summed E-state index contributed by atoms with van der Waals surface area (Å²) in [5.74, 6) is 0.800. The van der Waals surface area contributed by atoms with Crippen LogP contribution in [0, 0.1) is 5.92 Å². The van der Waals surface area contributed by atoms with Crippen molar-refractivity contribution in [3.05, 3.63) is 65.2 Å². The van der Waals surface area contributed by atoms with E-state index in [-0.39, 0.29) is 17.9 Å². The van der Waals surface area contributed by atoms with Gasteiger partial charge in [0.05, 0.1) is 6.04 Å². The topological polar surface area (TPSA) is 55.1 Å². The van der Waals surface area contributed by atoms with E-state index >= 15 is 0 Å². The smallest absolute Gasteiger partial charge is 0.223 e. The highest BCUT2D eigenvalue weighted by Crippen LogP contribution is 2.32. The molecule has 2 aromatic rings. The number of para-hydroxylation sites is 1. The van der Waals surface area contributed by atoms with Gasteiger partial charge in [-0.3, -0.25) is 4.79 Å². The van der Waals surface area contributed by atoms with E-state index < -0.39 is 0 Å². The van der Waals surface area contributed by atoms with Gasteiger partial charge in [-0.25, -0.2) is 0 Å². The molecule has 3 rings (SSSR count). The molecule has 1 fully saturated rings. The number of nitrogen functional groups attached to an aromatic ring is 1. The standard InChI is InChI=1S/C20H24N2O/c1-13(2)14-7-9-15(10-8-14)19(22-20(23)16-11-12-16)17-5-3-4-6-18(17)21/h3-10,13,16,19H,11-12,21H2,1-2H3,(H,22,23). The Morgan fingerprint density at radius 3 is 2.22 bits per heavy atom. The first kappa shape index (κ1) is 15.6. The molecule has 1 atom stereocenters. The molecule has 0 aliphatic heterocycles. The molecule has 1 saturated carbocycles. The highest BCUT2D eigenvalue weighted by atomic mass is 16.2. The van der Waals surface area contributed by atoms with Crippen molar-refractivity contribution in [3.63, 3.8) is 0 Å². The number of amides is 1. The number of anilines is 1. The van der Waals surface area contributed by atoms with Crippen molar-refractivity contribution in [2.75, 3.05) is 5.73 Å². The highest BCUT2D eigenvalue weighted by molar-refractivity contribution is 5.82. The van der Waals surface area contributed by atoms with Crippen molar-refractivity contribution in [2.45, 2.75) is 38.6 Å². The van der Waals surface area contributed by atoms with Gasteiger partial charge in [0.25, 0.3) is 0 Å². The highest BCUT2D eigenvalue weighted by Gasteiger charge is 2.32. The Labute approximate surface area is 137 Å². The van der Waals surface area contributed by atoms with Gasteiger partial charge < -0.3 is 11.1 Å². The van der Waals surface area contributed by atoms with Gasteiger partial charge in [0.15, 0.2) is 0 Å². The summed E-state index contributed by atoms with van der Waals surface area (Å²) in [6.07, 6.45) is 1.99. The fourth-order valence-corrected chi connectivity index (χ4v) is 2.79. The molecule has 3 nitrogen and oxygen atoms in total. The quantitative estimate of drug-likeness (QED) is 0.820. The van der Waals surface area contributed by atoms with Gasteiger partial charge >= 0.3 is 0 Å². The molecule has 2 aromatic carbocycles. The molecule has 120 valence electrons. The van der Waals surface area contributed by atoms with Gasteiger partial charge in [-0.05, 0) is 36.0 Å². The van der Waals surface area contributed by atoms with Crippen molar-refractivity contribution in [1.82, 2.24) is 5.32 Å². The fraction of sp³-hybridized carbons (Fsp3) is 0.350. The third-order valence-corrected chi connectivity index (χ3v) is 4.48. The summed E-state index contributed by atoms with van der Waals surface area (Å²) >= 11 is 0. The van der Waals surface area contributed by atoms with E-state index in [9.17, 15) is 4.79 Å². The summed E-state index contributed by atoms with van der Waals surface area (Å²) in [6, 6.07) is 16.0. The molecule has 0 aromatic heterocycles. The lowest BCUT2D eigenvalue weighted by atomic mass is 9.94. The summed E-state index contributed by atoms with van der Waals surface area (Å²) in [7, 11) is 0. The number of nitrogens with one attached hydrogen (secondary N) is 1. The van der Waals surface area contributed by atoms with Crippen molar-refractivity contribution in [3.8, 4) is 0 Å². The SMILES string of the molecule is CC(C)c1ccc(C(NC(=O)C2CC2)c2ccccc2N)cc1. The zero-order valence-corrected chi connectivity index (χ0v) is 13.8. The largest absolute Gasteiger partial charge is 0.398 e. The molecule has 0 heterocycles. The average Bonchev–Trinajstić information content (AvgIpc) is 3.38. The maximum atomic E-state index is 12.3. The normalized spacial score (nSPS) is 15.4. The van der Waals surface area contributed by atoms with Crippen LogP contribution in [0.25, 0.3) is 0 Å². The van der Waals surface area contributed by atoms with Crippen LogP contribution in [-0.2, 0) is 4.79 Å². The predicted octanol–water partition coefficient (Wildman–Crippen LogP) is 4.01. The first-order valence-electron chi connectivity index (χ1n) is 8.31. The van der Waals surface area contributed by atoms with Crippen LogP contribution in [0.4, 0.5) is 5.69 Å². The lowest BCUT2D eigenvalue weighted by molar-refractivity contribution is -0.122. The Morgan fingerprint density at radius 2 is 1.65 bits per heavy atom. The van der Waals surface area contributed by atoms with Crippen LogP contribution in [-0.4, -0.2) is 5.91 Å². The first-order chi connectivity index (χ1) is 11.1. The average molecular weight is 308 g/mol. The van der Waals surface area contributed by atoms with Crippen LogP contribution in [0.15, 0.2) is 48.5 Å². The first-order valence-corrected chi connectivity index (χ1v) is 8.31. The molecule has 0 bridgehead atoms. The predicted molar refractivity (Wildman–Crippen MR) is 94.1 cm³/mol. The Morgan fingerprint density at radius 1 is 1.04 bits per heavy atom. The molecular weight excluding hydrogens is 284 g/mol. The molecule has 3 N–H and O–H groups in total. The third kappa shape index (κ3) is 3.55. The number of hydrogen-bond acceptors (Lipinski definition) is 2. The van der Waals surface area contributed by atoms with E-state index in [1.807, 2.05) is 24.3 Å². The van der Waals surface area contributed by atoms with Crippen LogP contribution < -0.4 is 11.1 Å². The van der Waals surface area contributed by atoms with E-state index in [4.69, 9.17) is 5.73 Å². The summed E-state index contributed by atoms with van der Waals surface area (Å²) < 4.78 is 0. The number of carbonyl (C=O) groups excluding carboxylic acids is 1. The maximum Gasteiger partial charge on any atom is 0.223 e. The number of nitrogens with two attached hydrogens (primary N) is 1. The van der Waals surface area contributed by atoms with Crippen LogP contribution in [0.2, 0.25) is 0 Å². The van der Waals surface area contributed by atoms with Crippen LogP contribution in [0.5, 0.6) is 0 Å². The van der Waals surface area contributed by atoms with E-state index in [2.05, 4.69) is 43.4 Å². The lowest BCUT2D eigenvalue weighted by Gasteiger charge is -2.22. The van der Waals surface area contributed by atoms with Crippen molar-refractivity contribution in [1.29, 1.82) is 0 Å². The zero-order valence-electron chi connectivity index (χ0n) is 13.8. The van der Waals surface area contributed by atoms with Gasteiger partial charge in [-0.1, -0.05) is 56.3 Å². The second-order valence-corrected chi connectivity index (χ2v) is 6.67. The number of rotatable bonds is 5. The van der Waals surface area contributed by atoms with E-state index in [0.29, 0.717) is 11.6 Å². The van der Waals surface area contributed by atoms with Crippen molar-refractivity contribution < 1.29 is 4.79 Å². The maximum absolute atomic E-state index is 12.3. The Balaban J connectivity index is 1.93. The Hall–Kier alpha value is -2.29. The van der Waals surface area contributed by atoms with Crippen molar-refractivity contribution in [2.24, 2.45) is 5.92 Å². The van der Waals surface area contributed by atoms with E-state index in [1.165, 1.54) is 5.56 Å². The third-order valence-electron chi connectivity index (χ3n) is 4.48. The molecule has 0 spiro atoms. The fourth-order valence-electron chi connectivity index (χ4n) is 2.79. The van der Waals surface area contributed by atoms with Crippen molar-refractivity contribution >= 4 is 11.6 Å². The Bertz CT molecular complexity index is 687. The minimum absolute atomic E-state index is 0.131. The zero-order chi connectivity index (χ0) is 16.4. The van der Waals surface area contributed by atoms with Gasteiger partial charge in [0, 0.05) is 17.2 Å². The summed E-state index contributed by atoms with van der Waals surface area (Å²) in [5, 5.41) is 3.18. The molecule has 1 amide bonds.